The largest absolute Gasteiger partial charge is 0.497 e. The Morgan fingerprint density at radius 2 is 2.04 bits per heavy atom. The molecule has 0 atom stereocenters. The van der Waals surface area contributed by atoms with Crippen molar-refractivity contribution in [2.45, 2.75) is 6.92 Å². The third kappa shape index (κ3) is 4.08. The van der Waals surface area contributed by atoms with E-state index in [1.165, 1.54) is 0 Å². The van der Waals surface area contributed by atoms with Crippen LogP contribution < -0.4 is 4.74 Å². The van der Waals surface area contributed by atoms with Gasteiger partial charge in [0.05, 0.1) is 7.11 Å². The summed E-state index contributed by atoms with van der Waals surface area (Å²) in [5.74, 6) is 1.83. The third-order valence-corrected chi connectivity index (χ3v) is 2.99. The summed E-state index contributed by atoms with van der Waals surface area (Å²) in [6.45, 7) is 5.71. The fraction of sp³-hybridized carbons (Fsp3) is 0.118. The first kappa shape index (κ1) is 16.0. The Kier molecular flexibility index (Phi) is 5.31. The van der Waals surface area contributed by atoms with Gasteiger partial charge >= 0.3 is 0 Å². The van der Waals surface area contributed by atoms with Crippen molar-refractivity contribution in [2.75, 3.05) is 7.11 Å². The van der Waals surface area contributed by atoms with E-state index in [-0.39, 0.29) is 0 Å². The molecule has 0 aliphatic heterocycles. The second-order valence-electron chi connectivity index (χ2n) is 4.47. The molecule has 0 amide bonds. The number of H-pyrrole nitrogens is 1. The summed E-state index contributed by atoms with van der Waals surface area (Å²) in [6.07, 6.45) is 5.33. The molecule has 1 aromatic carbocycles. The van der Waals surface area contributed by atoms with Crippen molar-refractivity contribution in [3.05, 3.63) is 66.3 Å². The molecule has 0 fully saturated rings. The Balaban J connectivity index is 2.06. The van der Waals surface area contributed by atoms with Gasteiger partial charge in [0.1, 0.15) is 29.0 Å². The summed E-state index contributed by atoms with van der Waals surface area (Å²) in [5, 5.41) is 19.0. The first-order chi connectivity index (χ1) is 11.2. The molecule has 2 aromatic rings. The zero-order chi connectivity index (χ0) is 16.7. The van der Waals surface area contributed by atoms with Crippen LogP contribution in [0, 0.1) is 11.3 Å². The van der Waals surface area contributed by atoms with Crippen molar-refractivity contribution >= 4 is 0 Å². The van der Waals surface area contributed by atoms with E-state index in [0.29, 0.717) is 22.9 Å². The monoisotopic (exact) mass is 308 g/mol. The molecule has 0 radical (unpaired) electrons. The number of nitrogens with one attached hydrogen (secondary N) is 1. The van der Waals surface area contributed by atoms with Crippen molar-refractivity contribution in [1.82, 2.24) is 15.4 Å². The Hall–Kier alpha value is -3.33. The minimum absolute atomic E-state index is 0.324. The summed E-state index contributed by atoms with van der Waals surface area (Å²) in [7, 11) is 1.60. The van der Waals surface area contributed by atoms with E-state index in [9.17, 15) is 0 Å². The molecule has 0 aliphatic carbocycles. The van der Waals surface area contributed by atoms with Gasteiger partial charge in [-0.3, -0.25) is 0 Å². The van der Waals surface area contributed by atoms with E-state index in [2.05, 4.69) is 22.0 Å². The van der Waals surface area contributed by atoms with Crippen LogP contribution >= 0.6 is 0 Å². The maximum atomic E-state index is 8.97. The number of benzene rings is 1. The van der Waals surface area contributed by atoms with Gasteiger partial charge in [0.15, 0.2) is 5.69 Å². The fourth-order valence-electron chi connectivity index (χ4n) is 1.83. The van der Waals surface area contributed by atoms with Crippen molar-refractivity contribution in [2.24, 2.45) is 0 Å². The zero-order valence-corrected chi connectivity index (χ0v) is 12.9. The van der Waals surface area contributed by atoms with Gasteiger partial charge < -0.3 is 9.47 Å². The quantitative estimate of drug-likeness (QED) is 0.653. The Morgan fingerprint density at radius 1 is 1.30 bits per heavy atom. The molecule has 1 heterocycles. The second-order valence-corrected chi connectivity index (χ2v) is 4.47. The van der Waals surface area contributed by atoms with Gasteiger partial charge in [0, 0.05) is 5.56 Å². The highest BCUT2D eigenvalue weighted by molar-refractivity contribution is 5.64. The van der Waals surface area contributed by atoms with E-state index in [0.717, 1.165) is 11.3 Å². The number of aromatic nitrogens is 3. The minimum Gasteiger partial charge on any atom is -0.497 e. The lowest BCUT2D eigenvalue weighted by molar-refractivity contribution is 0.306. The van der Waals surface area contributed by atoms with Gasteiger partial charge in [-0.05, 0) is 49.4 Å². The van der Waals surface area contributed by atoms with Crippen LogP contribution in [0.4, 0.5) is 0 Å². The molecule has 0 saturated carbocycles. The predicted octanol–water partition coefficient (Wildman–Crippen LogP) is 3.34. The molecular weight excluding hydrogens is 292 g/mol. The third-order valence-electron chi connectivity index (χ3n) is 2.99. The van der Waals surface area contributed by atoms with Crippen LogP contribution in [-0.2, 0) is 4.74 Å². The van der Waals surface area contributed by atoms with E-state index in [1.807, 2.05) is 19.1 Å². The highest BCUT2D eigenvalue weighted by Crippen LogP contribution is 2.23. The van der Waals surface area contributed by atoms with Crippen molar-refractivity contribution in [1.29, 1.82) is 5.26 Å². The average molecular weight is 308 g/mol. The Bertz CT molecular complexity index is 780. The highest BCUT2D eigenvalue weighted by Gasteiger charge is 2.09. The number of hydrogen-bond acceptors (Lipinski definition) is 5. The number of allylic oxidation sites excluding steroid dienone is 3. The number of methoxy groups -OCH3 is 1. The number of ether oxygens (including phenoxy) is 2. The fourth-order valence-corrected chi connectivity index (χ4v) is 1.83. The summed E-state index contributed by atoms with van der Waals surface area (Å²) < 4.78 is 10.7. The van der Waals surface area contributed by atoms with E-state index < -0.39 is 0 Å². The average Bonchev–Trinajstić information content (AvgIpc) is 3.05. The highest BCUT2D eigenvalue weighted by atomic mass is 16.5. The molecule has 23 heavy (non-hydrogen) atoms. The summed E-state index contributed by atoms with van der Waals surface area (Å²) in [4.78, 5) is 0. The first-order valence-electron chi connectivity index (χ1n) is 6.84. The lowest BCUT2D eigenvalue weighted by Crippen LogP contribution is -1.91. The van der Waals surface area contributed by atoms with Gasteiger partial charge in [0.25, 0.3) is 0 Å². The Labute approximate surface area is 134 Å². The van der Waals surface area contributed by atoms with Crippen LogP contribution in [0.15, 0.2) is 60.6 Å². The molecule has 1 N–H and O–H groups in total. The molecule has 2 rings (SSSR count). The number of rotatable bonds is 6. The van der Waals surface area contributed by atoms with Gasteiger partial charge in [-0.15, -0.1) is 5.10 Å². The van der Waals surface area contributed by atoms with Crippen LogP contribution in [-0.4, -0.2) is 22.5 Å². The van der Waals surface area contributed by atoms with Gasteiger partial charge in [-0.25, -0.2) is 5.10 Å². The predicted molar refractivity (Wildman–Crippen MR) is 86.2 cm³/mol. The van der Waals surface area contributed by atoms with Gasteiger partial charge in [0.2, 0.25) is 0 Å². The first-order valence-corrected chi connectivity index (χ1v) is 6.84. The molecule has 6 heteroatoms. The van der Waals surface area contributed by atoms with Crippen LogP contribution in [0.5, 0.6) is 5.75 Å². The van der Waals surface area contributed by atoms with Gasteiger partial charge in [-0.1, -0.05) is 11.8 Å². The normalized spacial score (nSPS) is 11.3. The van der Waals surface area contributed by atoms with Crippen molar-refractivity contribution in [3.63, 3.8) is 0 Å². The molecule has 6 nitrogen and oxygen atoms in total. The zero-order valence-electron chi connectivity index (χ0n) is 12.9. The number of aromatic amines is 1. The second kappa shape index (κ2) is 7.61. The lowest BCUT2D eigenvalue weighted by Gasteiger charge is -2.06. The minimum atomic E-state index is 0.324. The lowest BCUT2D eigenvalue weighted by atomic mass is 10.1. The molecule has 116 valence electrons. The summed E-state index contributed by atoms with van der Waals surface area (Å²) in [6, 6.07) is 9.16. The maximum Gasteiger partial charge on any atom is 0.163 e. The molecule has 0 bridgehead atoms. The van der Waals surface area contributed by atoms with Gasteiger partial charge in [-0.2, -0.15) is 5.26 Å². The van der Waals surface area contributed by atoms with Crippen molar-refractivity contribution in [3.8, 4) is 23.1 Å². The van der Waals surface area contributed by atoms with Crippen LogP contribution in [0.25, 0.3) is 11.3 Å². The standard InChI is InChI=1S/C17H16N4O2/c1-4-14(22-3)8-5-12(2)23-15-9-6-13(7-10-15)17-16(11-18)19-21-20-17/h4-10H,2H2,1,3H3,(H,19,20,21)/b8-5-,14-4+. The summed E-state index contributed by atoms with van der Waals surface area (Å²) in [5.41, 5.74) is 1.61. The maximum absolute atomic E-state index is 8.97. The number of hydrogen-bond donors (Lipinski definition) is 1. The van der Waals surface area contributed by atoms with Crippen LogP contribution in [0.1, 0.15) is 12.6 Å². The summed E-state index contributed by atoms with van der Waals surface area (Å²) >= 11 is 0. The number of nitrogens with zero attached hydrogens (tertiary/aromatic N) is 3. The molecule has 0 saturated heterocycles. The molecule has 1 aromatic heterocycles. The molecule has 0 unspecified atom stereocenters. The van der Waals surface area contributed by atoms with E-state index >= 15 is 0 Å². The van der Waals surface area contributed by atoms with Crippen LogP contribution in [0.2, 0.25) is 0 Å². The topological polar surface area (TPSA) is 83.8 Å². The van der Waals surface area contributed by atoms with Crippen molar-refractivity contribution < 1.29 is 9.47 Å². The smallest absolute Gasteiger partial charge is 0.163 e. The van der Waals surface area contributed by atoms with E-state index in [1.54, 1.807) is 43.5 Å². The van der Waals surface area contributed by atoms with E-state index in [4.69, 9.17) is 14.7 Å². The van der Waals surface area contributed by atoms with Crippen LogP contribution in [0.3, 0.4) is 0 Å². The Morgan fingerprint density at radius 3 is 2.65 bits per heavy atom. The molecular formula is C17H16N4O2. The molecule has 0 spiro atoms. The molecule has 0 aliphatic rings. The SMILES string of the molecule is C=C(/C=C\C(=C/C)OC)Oc1ccc(-c2nn[nH]c2C#N)cc1. The number of nitriles is 1.